The molecule has 3 rings (SSSR count). The zero-order valence-corrected chi connectivity index (χ0v) is 20.7. The van der Waals surface area contributed by atoms with Crippen LogP contribution in [0.25, 0.3) is 5.70 Å². The Hall–Kier alpha value is -2.63. The minimum absolute atomic E-state index is 0.271. The fourth-order valence-electron chi connectivity index (χ4n) is 3.40. The van der Waals surface area contributed by atoms with Crippen LogP contribution in [0.15, 0.2) is 71.9 Å². The molecule has 1 saturated heterocycles. The second-order valence-electron chi connectivity index (χ2n) is 7.96. The Kier molecular flexibility index (Phi) is 14.6. The first-order valence-corrected chi connectivity index (χ1v) is 12.0. The van der Waals surface area contributed by atoms with E-state index in [-0.39, 0.29) is 5.82 Å². The van der Waals surface area contributed by atoms with E-state index in [2.05, 4.69) is 24.4 Å². The summed E-state index contributed by atoms with van der Waals surface area (Å²) in [4.78, 5) is 0. The standard InChI is InChI=1S/C19H28FN3O.C7H8.C2H6/c1-14(21)12-16(19(22)15-6-8-17(20)9-7-15)4-3-11-24-13-18-5-2-10-23-18;1-7-5-3-2-4-6-7;1-2/h6-9,12,18,23H,2-5,10-11,13,21-22H2,1H3;2-6H,1H3;1-2H3/b14-12-,19-16-;;. The Morgan fingerprint density at radius 3 is 2.27 bits per heavy atom. The van der Waals surface area contributed by atoms with Gasteiger partial charge in [-0.15, -0.1) is 0 Å². The van der Waals surface area contributed by atoms with Crippen LogP contribution in [0.3, 0.4) is 0 Å². The first-order valence-electron chi connectivity index (χ1n) is 12.0. The summed E-state index contributed by atoms with van der Waals surface area (Å²) in [6.07, 6.45) is 5.95. The van der Waals surface area contributed by atoms with Crippen molar-refractivity contribution >= 4 is 5.70 Å². The fraction of sp³-hybridized carbons (Fsp3) is 0.429. The van der Waals surface area contributed by atoms with Gasteiger partial charge in [-0.05, 0) is 87.6 Å². The molecule has 0 amide bonds. The van der Waals surface area contributed by atoms with Gasteiger partial charge < -0.3 is 21.5 Å². The van der Waals surface area contributed by atoms with Gasteiger partial charge in [-0.25, -0.2) is 4.39 Å². The van der Waals surface area contributed by atoms with Gasteiger partial charge in [0.15, 0.2) is 0 Å². The Bertz CT molecular complexity index is 822. The Balaban J connectivity index is 0.000000508. The normalized spacial score (nSPS) is 16.2. The van der Waals surface area contributed by atoms with E-state index in [9.17, 15) is 4.39 Å². The highest BCUT2D eigenvalue weighted by Crippen LogP contribution is 2.20. The predicted molar refractivity (Wildman–Crippen MR) is 139 cm³/mol. The van der Waals surface area contributed by atoms with E-state index in [4.69, 9.17) is 16.2 Å². The van der Waals surface area contributed by atoms with Gasteiger partial charge in [0.25, 0.3) is 0 Å². The molecular formula is C28H42FN3O. The maximum Gasteiger partial charge on any atom is 0.123 e. The van der Waals surface area contributed by atoms with Gasteiger partial charge in [0.2, 0.25) is 0 Å². The van der Waals surface area contributed by atoms with Gasteiger partial charge in [0.05, 0.1) is 6.61 Å². The molecule has 1 aliphatic rings. The lowest BCUT2D eigenvalue weighted by atomic mass is 10.0. The number of allylic oxidation sites excluding steroid dienone is 3. The smallest absolute Gasteiger partial charge is 0.123 e. The van der Waals surface area contributed by atoms with E-state index in [1.54, 1.807) is 12.1 Å². The predicted octanol–water partition coefficient (Wildman–Crippen LogP) is 5.93. The zero-order chi connectivity index (χ0) is 24.5. The van der Waals surface area contributed by atoms with Crippen molar-refractivity contribution in [1.82, 2.24) is 5.32 Å². The summed E-state index contributed by atoms with van der Waals surface area (Å²) in [6, 6.07) is 17.0. The fourth-order valence-corrected chi connectivity index (χ4v) is 3.40. The molecule has 1 fully saturated rings. The van der Waals surface area contributed by atoms with Crippen molar-refractivity contribution in [2.24, 2.45) is 11.5 Å². The van der Waals surface area contributed by atoms with Crippen LogP contribution in [0.5, 0.6) is 0 Å². The highest BCUT2D eigenvalue weighted by Gasteiger charge is 2.13. The average molecular weight is 456 g/mol. The molecule has 1 heterocycles. The van der Waals surface area contributed by atoms with Crippen molar-refractivity contribution < 1.29 is 9.13 Å². The molecule has 0 bridgehead atoms. The van der Waals surface area contributed by atoms with Crippen LogP contribution >= 0.6 is 0 Å². The van der Waals surface area contributed by atoms with Crippen molar-refractivity contribution in [3.63, 3.8) is 0 Å². The summed E-state index contributed by atoms with van der Waals surface area (Å²) in [5.41, 5.74) is 16.5. The first kappa shape index (κ1) is 28.4. The number of halogens is 1. The van der Waals surface area contributed by atoms with Gasteiger partial charge in [0, 0.05) is 24.0 Å². The van der Waals surface area contributed by atoms with E-state index in [0.717, 1.165) is 37.1 Å². The van der Waals surface area contributed by atoms with Crippen LogP contribution in [0.2, 0.25) is 0 Å². The molecule has 0 saturated carbocycles. The largest absolute Gasteiger partial charge is 0.402 e. The maximum atomic E-state index is 13.1. The Labute approximate surface area is 199 Å². The van der Waals surface area contributed by atoms with E-state index < -0.39 is 0 Å². The number of hydrogen-bond acceptors (Lipinski definition) is 4. The SMILES string of the molecule is C/C(N)=C/C(CCCOCC1CCCN1)=C(\N)c1ccc(F)cc1.CC.Cc1ccccc1. The molecule has 5 heteroatoms. The minimum atomic E-state index is -0.271. The lowest BCUT2D eigenvalue weighted by Gasteiger charge is -2.12. The van der Waals surface area contributed by atoms with Crippen LogP contribution in [-0.4, -0.2) is 25.8 Å². The first-order chi connectivity index (χ1) is 16.0. The molecule has 0 aromatic heterocycles. The molecule has 0 spiro atoms. The van der Waals surface area contributed by atoms with Crippen LogP contribution in [0, 0.1) is 12.7 Å². The molecule has 2 aromatic carbocycles. The van der Waals surface area contributed by atoms with Gasteiger partial charge in [-0.3, -0.25) is 0 Å². The summed E-state index contributed by atoms with van der Waals surface area (Å²) in [7, 11) is 0. The van der Waals surface area contributed by atoms with E-state index >= 15 is 0 Å². The highest BCUT2D eigenvalue weighted by atomic mass is 19.1. The summed E-state index contributed by atoms with van der Waals surface area (Å²) in [5.74, 6) is -0.271. The zero-order valence-electron chi connectivity index (χ0n) is 20.7. The van der Waals surface area contributed by atoms with Crippen molar-refractivity contribution in [2.75, 3.05) is 19.8 Å². The van der Waals surface area contributed by atoms with E-state index in [1.165, 1.54) is 30.5 Å². The summed E-state index contributed by atoms with van der Waals surface area (Å²) >= 11 is 0. The van der Waals surface area contributed by atoms with Crippen molar-refractivity contribution in [3.05, 3.63) is 88.9 Å². The molecule has 0 radical (unpaired) electrons. The lowest BCUT2D eigenvalue weighted by molar-refractivity contribution is 0.114. The van der Waals surface area contributed by atoms with Gasteiger partial charge in [-0.2, -0.15) is 0 Å². The average Bonchev–Trinajstić information content (AvgIpc) is 3.34. The molecule has 182 valence electrons. The van der Waals surface area contributed by atoms with Crippen molar-refractivity contribution in [1.29, 1.82) is 0 Å². The van der Waals surface area contributed by atoms with E-state index in [0.29, 0.717) is 24.0 Å². The quantitative estimate of drug-likeness (QED) is 0.341. The Morgan fingerprint density at radius 2 is 1.76 bits per heavy atom. The number of rotatable bonds is 8. The highest BCUT2D eigenvalue weighted by molar-refractivity contribution is 5.68. The molecule has 0 aliphatic carbocycles. The topological polar surface area (TPSA) is 73.3 Å². The maximum absolute atomic E-state index is 13.1. The van der Waals surface area contributed by atoms with Gasteiger partial charge >= 0.3 is 0 Å². The minimum Gasteiger partial charge on any atom is -0.402 e. The number of benzene rings is 2. The summed E-state index contributed by atoms with van der Waals surface area (Å²) in [5, 5.41) is 3.42. The van der Waals surface area contributed by atoms with Gasteiger partial charge in [-0.1, -0.05) is 49.7 Å². The molecule has 2 aromatic rings. The summed E-state index contributed by atoms with van der Waals surface area (Å²) < 4.78 is 18.8. The second-order valence-corrected chi connectivity index (χ2v) is 7.96. The van der Waals surface area contributed by atoms with Crippen LogP contribution < -0.4 is 16.8 Å². The molecular weight excluding hydrogens is 413 g/mol. The number of nitrogens with one attached hydrogen (secondary N) is 1. The number of nitrogens with two attached hydrogens (primary N) is 2. The third kappa shape index (κ3) is 12.3. The van der Waals surface area contributed by atoms with E-state index in [1.807, 2.05) is 45.0 Å². The monoisotopic (exact) mass is 455 g/mol. The molecule has 1 atom stereocenters. The third-order valence-corrected chi connectivity index (χ3v) is 5.06. The molecule has 4 nitrogen and oxygen atoms in total. The molecule has 1 aliphatic heterocycles. The molecule has 5 N–H and O–H groups in total. The number of hydrogen-bond donors (Lipinski definition) is 3. The molecule has 33 heavy (non-hydrogen) atoms. The molecule has 1 unspecified atom stereocenters. The third-order valence-electron chi connectivity index (χ3n) is 5.06. The summed E-state index contributed by atoms with van der Waals surface area (Å²) in [6.45, 7) is 10.5. The van der Waals surface area contributed by atoms with Crippen LogP contribution in [-0.2, 0) is 4.74 Å². The van der Waals surface area contributed by atoms with Crippen LogP contribution in [0.4, 0.5) is 4.39 Å². The van der Waals surface area contributed by atoms with Gasteiger partial charge in [0.1, 0.15) is 5.82 Å². The Morgan fingerprint density at radius 1 is 1.09 bits per heavy atom. The van der Waals surface area contributed by atoms with Crippen molar-refractivity contribution in [3.8, 4) is 0 Å². The number of aryl methyl sites for hydroxylation is 1. The van der Waals surface area contributed by atoms with Crippen LogP contribution in [0.1, 0.15) is 57.6 Å². The second kappa shape index (κ2) is 16.9. The number of ether oxygens (including phenoxy) is 1. The van der Waals surface area contributed by atoms with Crippen molar-refractivity contribution in [2.45, 2.75) is 59.4 Å². The lowest BCUT2D eigenvalue weighted by Crippen LogP contribution is -2.26.